The second kappa shape index (κ2) is 6.74. The highest BCUT2D eigenvalue weighted by Gasteiger charge is 2.38. The van der Waals surface area contributed by atoms with Crippen LogP contribution in [0.25, 0.3) is 0 Å². The molecule has 2 fully saturated rings. The number of nitrogens with one attached hydrogen (secondary N) is 2. The Balaban J connectivity index is 1.90. The van der Waals surface area contributed by atoms with E-state index in [4.69, 9.17) is 0 Å². The number of hydrogen-bond acceptors (Lipinski definition) is 2. The van der Waals surface area contributed by atoms with Crippen molar-refractivity contribution in [3.8, 4) is 0 Å². The van der Waals surface area contributed by atoms with Crippen molar-refractivity contribution in [1.82, 2.24) is 10.6 Å². The Kier molecular flexibility index (Phi) is 5.26. The molecule has 0 aromatic heterocycles. The third-order valence-electron chi connectivity index (χ3n) is 5.35. The molecule has 110 valence electrons. The van der Waals surface area contributed by atoms with Gasteiger partial charge in [-0.2, -0.15) is 0 Å². The third-order valence-corrected chi connectivity index (χ3v) is 5.35. The Morgan fingerprint density at radius 1 is 1.32 bits per heavy atom. The van der Waals surface area contributed by atoms with Gasteiger partial charge in [0, 0.05) is 12.6 Å². The first-order chi connectivity index (χ1) is 9.18. The molecule has 3 nitrogen and oxygen atoms in total. The highest BCUT2D eigenvalue weighted by Crippen LogP contribution is 2.32. The van der Waals surface area contributed by atoms with Crippen molar-refractivity contribution < 1.29 is 4.79 Å². The lowest BCUT2D eigenvalue weighted by Gasteiger charge is -2.38. The molecule has 1 aliphatic heterocycles. The predicted molar refractivity (Wildman–Crippen MR) is 79.0 cm³/mol. The van der Waals surface area contributed by atoms with Gasteiger partial charge in [-0.25, -0.2) is 0 Å². The number of amides is 1. The maximum absolute atomic E-state index is 12.7. The van der Waals surface area contributed by atoms with E-state index >= 15 is 0 Å². The van der Waals surface area contributed by atoms with Crippen molar-refractivity contribution >= 4 is 5.91 Å². The Bertz CT molecular complexity index is 291. The van der Waals surface area contributed by atoms with Crippen molar-refractivity contribution in [2.45, 2.75) is 71.3 Å². The van der Waals surface area contributed by atoms with Crippen LogP contribution < -0.4 is 10.6 Å². The maximum Gasteiger partial charge on any atom is 0.227 e. The van der Waals surface area contributed by atoms with Crippen LogP contribution in [0.4, 0.5) is 0 Å². The number of carbonyl (C=O) groups excluding carboxylic acids is 1. The first-order valence-electron chi connectivity index (χ1n) is 8.19. The molecule has 1 unspecified atom stereocenters. The predicted octanol–water partition coefficient (Wildman–Crippen LogP) is 2.85. The lowest BCUT2D eigenvalue weighted by molar-refractivity contribution is -0.133. The molecule has 1 saturated heterocycles. The van der Waals surface area contributed by atoms with Gasteiger partial charge < -0.3 is 10.6 Å². The monoisotopic (exact) mass is 266 g/mol. The fraction of sp³-hybridized carbons (Fsp3) is 0.938. The van der Waals surface area contributed by atoms with Crippen LogP contribution in [0.1, 0.15) is 65.2 Å². The van der Waals surface area contributed by atoms with E-state index in [0.29, 0.717) is 17.9 Å². The normalized spacial score (nSPS) is 30.8. The van der Waals surface area contributed by atoms with Gasteiger partial charge in [0.05, 0.1) is 5.41 Å². The molecule has 0 aromatic carbocycles. The van der Waals surface area contributed by atoms with Gasteiger partial charge in [-0.15, -0.1) is 0 Å². The SMILES string of the molecule is CCC1(C(=O)N[C@H](C)C2CCCCC2)CCCNC1. The standard InChI is InChI=1S/C16H30N2O/c1-3-16(10-7-11-17-12-16)15(19)18-13(2)14-8-5-4-6-9-14/h13-14,17H,3-12H2,1-2H3,(H,18,19)/t13-,16?/m1/s1. The molecule has 2 rings (SSSR count). The molecule has 2 atom stereocenters. The number of carbonyl (C=O) groups is 1. The summed E-state index contributed by atoms with van der Waals surface area (Å²) in [5.41, 5.74) is -0.152. The molecule has 1 saturated carbocycles. The molecule has 1 aliphatic carbocycles. The molecule has 0 spiro atoms. The number of hydrogen-bond donors (Lipinski definition) is 2. The summed E-state index contributed by atoms with van der Waals surface area (Å²) in [6, 6.07) is 0.346. The minimum absolute atomic E-state index is 0.152. The van der Waals surface area contributed by atoms with Crippen LogP contribution in [-0.4, -0.2) is 25.0 Å². The largest absolute Gasteiger partial charge is 0.353 e. The van der Waals surface area contributed by atoms with Crippen LogP contribution in [0, 0.1) is 11.3 Å². The minimum Gasteiger partial charge on any atom is -0.353 e. The molecule has 19 heavy (non-hydrogen) atoms. The van der Waals surface area contributed by atoms with Crippen molar-refractivity contribution in [3.05, 3.63) is 0 Å². The van der Waals surface area contributed by atoms with Crippen LogP contribution in [0.15, 0.2) is 0 Å². The molecule has 0 bridgehead atoms. The van der Waals surface area contributed by atoms with E-state index in [2.05, 4.69) is 24.5 Å². The Hall–Kier alpha value is -0.570. The quantitative estimate of drug-likeness (QED) is 0.821. The zero-order valence-corrected chi connectivity index (χ0v) is 12.6. The van der Waals surface area contributed by atoms with Gasteiger partial charge >= 0.3 is 0 Å². The van der Waals surface area contributed by atoms with E-state index in [9.17, 15) is 4.79 Å². The van der Waals surface area contributed by atoms with Gasteiger partial charge in [-0.1, -0.05) is 26.2 Å². The second-order valence-corrected chi connectivity index (χ2v) is 6.57. The fourth-order valence-corrected chi connectivity index (χ4v) is 3.74. The summed E-state index contributed by atoms with van der Waals surface area (Å²) in [4.78, 5) is 12.7. The number of piperidine rings is 1. The highest BCUT2D eigenvalue weighted by molar-refractivity contribution is 5.83. The summed E-state index contributed by atoms with van der Waals surface area (Å²) in [5, 5.41) is 6.73. The van der Waals surface area contributed by atoms with Crippen molar-refractivity contribution in [2.24, 2.45) is 11.3 Å². The van der Waals surface area contributed by atoms with Crippen molar-refractivity contribution in [3.63, 3.8) is 0 Å². The topological polar surface area (TPSA) is 41.1 Å². The van der Waals surface area contributed by atoms with E-state index in [1.807, 2.05) is 0 Å². The maximum atomic E-state index is 12.7. The smallest absolute Gasteiger partial charge is 0.227 e. The van der Waals surface area contributed by atoms with Crippen molar-refractivity contribution in [2.75, 3.05) is 13.1 Å². The highest BCUT2D eigenvalue weighted by atomic mass is 16.2. The molecule has 1 amide bonds. The third kappa shape index (κ3) is 3.50. The van der Waals surface area contributed by atoms with Gasteiger partial charge in [-0.05, 0) is 51.5 Å². The van der Waals surface area contributed by atoms with Gasteiger partial charge in [0.25, 0.3) is 0 Å². The van der Waals surface area contributed by atoms with Gasteiger partial charge in [0.2, 0.25) is 5.91 Å². The summed E-state index contributed by atoms with van der Waals surface area (Å²) < 4.78 is 0. The zero-order valence-electron chi connectivity index (χ0n) is 12.6. The van der Waals surface area contributed by atoms with E-state index in [1.54, 1.807) is 0 Å². The Morgan fingerprint density at radius 3 is 2.63 bits per heavy atom. The zero-order chi connectivity index (χ0) is 13.7. The van der Waals surface area contributed by atoms with Crippen LogP contribution in [0.2, 0.25) is 0 Å². The molecular formula is C16H30N2O. The first-order valence-corrected chi connectivity index (χ1v) is 8.19. The molecule has 0 aromatic rings. The van der Waals surface area contributed by atoms with E-state index in [1.165, 1.54) is 32.1 Å². The Labute approximate surface area is 117 Å². The molecule has 2 N–H and O–H groups in total. The van der Waals surface area contributed by atoms with Crippen molar-refractivity contribution in [1.29, 1.82) is 0 Å². The van der Waals surface area contributed by atoms with Crippen LogP contribution in [-0.2, 0) is 4.79 Å². The summed E-state index contributed by atoms with van der Waals surface area (Å²) >= 11 is 0. The molecular weight excluding hydrogens is 236 g/mol. The molecule has 3 heteroatoms. The molecule has 1 heterocycles. The van der Waals surface area contributed by atoms with Crippen LogP contribution in [0.5, 0.6) is 0 Å². The average Bonchev–Trinajstić information content (AvgIpc) is 2.48. The summed E-state index contributed by atoms with van der Waals surface area (Å²) in [6.07, 6.45) is 9.75. The van der Waals surface area contributed by atoms with Gasteiger partial charge in [-0.3, -0.25) is 4.79 Å². The van der Waals surface area contributed by atoms with Gasteiger partial charge in [0.1, 0.15) is 0 Å². The minimum atomic E-state index is -0.152. The van der Waals surface area contributed by atoms with Crippen LogP contribution >= 0.6 is 0 Å². The summed E-state index contributed by atoms with van der Waals surface area (Å²) in [7, 11) is 0. The van der Waals surface area contributed by atoms with Crippen LogP contribution in [0.3, 0.4) is 0 Å². The fourth-order valence-electron chi connectivity index (χ4n) is 3.74. The lowest BCUT2D eigenvalue weighted by atomic mass is 9.76. The van der Waals surface area contributed by atoms with E-state index in [-0.39, 0.29) is 5.41 Å². The van der Waals surface area contributed by atoms with Gasteiger partial charge in [0.15, 0.2) is 0 Å². The second-order valence-electron chi connectivity index (χ2n) is 6.57. The molecule has 2 aliphatic rings. The summed E-state index contributed by atoms with van der Waals surface area (Å²) in [6.45, 7) is 6.27. The first kappa shape index (κ1) is 14.8. The lowest BCUT2D eigenvalue weighted by Crippen LogP contribution is -2.53. The number of rotatable bonds is 4. The van der Waals surface area contributed by atoms with E-state index < -0.39 is 0 Å². The average molecular weight is 266 g/mol. The van der Waals surface area contributed by atoms with E-state index in [0.717, 1.165) is 32.4 Å². The Morgan fingerprint density at radius 2 is 2.05 bits per heavy atom. The summed E-state index contributed by atoms with van der Waals surface area (Å²) in [5.74, 6) is 0.989. The molecule has 0 radical (unpaired) electrons.